The van der Waals surface area contributed by atoms with Gasteiger partial charge in [0.25, 0.3) is 5.91 Å². The van der Waals surface area contributed by atoms with Crippen LogP contribution in [0.15, 0.2) is 12.3 Å². The third-order valence-corrected chi connectivity index (χ3v) is 4.00. The van der Waals surface area contributed by atoms with Gasteiger partial charge in [-0.15, -0.1) is 0 Å². The lowest BCUT2D eigenvalue weighted by Gasteiger charge is -2.20. The van der Waals surface area contributed by atoms with Crippen molar-refractivity contribution in [2.75, 3.05) is 25.4 Å². The zero-order valence-corrected chi connectivity index (χ0v) is 12.7. The van der Waals surface area contributed by atoms with Gasteiger partial charge in [-0.05, 0) is 38.8 Å². The molecule has 1 fully saturated rings. The highest BCUT2D eigenvalue weighted by atomic mass is 35.5. The third-order valence-electron chi connectivity index (χ3n) is 3.70. The molecule has 1 unspecified atom stereocenters. The van der Waals surface area contributed by atoms with Crippen LogP contribution in [-0.2, 0) is 0 Å². The number of hydrogen-bond acceptors (Lipinski definition) is 4. The molecule has 20 heavy (non-hydrogen) atoms. The molecule has 2 heterocycles. The van der Waals surface area contributed by atoms with Crippen LogP contribution in [0, 0.1) is 5.92 Å². The Morgan fingerprint density at radius 3 is 3.05 bits per heavy atom. The van der Waals surface area contributed by atoms with Gasteiger partial charge in [0.1, 0.15) is 5.15 Å². The normalized spacial score (nSPS) is 19.5. The van der Waals surface area contributed by atoms with Crippen molar-refractivity contribution in [2.45, 2.75) is 26.3 Å². The zero-order valence-electron chi connectivity index (χ0n) is 11.9. The molecule has 6 heteroatoms. The third kappa shape index (κ3) is 3.61. The maximum Gasteiger partial charge on any atom is 0.254 e. The largest absolute Gasteiger partial charge is 0.397 e. The number of rotatable bonds is 4. The molecule has 1 aliphatic rings. The van der Waals surface area contributed by atoms with Gasteiger partial charge in [0, 0.05) is 19.1 Å². The van der Waals surface area contributed by atoms with E-state index >= 15 is 0 Å². The number of hydrogen-bond donors (Lipinski definition) is 2. The number of pyridine rings is 1. The predicted molar refractivity (Wildman–Crippen MR) is 80.8 cm³/mol. The quantitative estimate of drug-likeness (QED) is 0.831. The Morgan fingerprint density at radius 2 is 2.40 bits per heavy atom. The summed E-state index contributed by atoms with van der Waals surface area (Å²) < 4.78 is 0. The molecule has 1 aliphatic heterocycles. The molecule has 0 aliphatic carbocycles. The Labute approximate surface area is 124 Å². The molecule has 1 saturated heterocycles. The van der Waals surface area contributed by atoms with Gasteiger partial charge in [0.15, 0.2) is 0 Å². The Morgan fingerprint density at radius 1 is 1.65 bits per heavy atom. The smallest absolute Gasteiger partial charge is 0.254 e. The Kier molecular flexibility index (Phi) is 4.83. The minimum absolute atomic E-state index is 0.187. The van der Waals surface area contributed by atoms with Gasteiger partial charge < -0.3 is 16.0 Å². The van der Waals surface area contributed by atoms with Gasteiger partial charge >= 0.3 is 0 Å². The number of nitrogens with two attached hydrogens (primary N) is 1. The molecule has 1 aromatic rings. The lowest BCUT2D eigenvalue weighted by molar-refractivity contribution is 0.0947. The zero-order chi connectivity index (χ0) is 14.7. The van der Waals surface area contributed by atoms with Crippen LogP contribution in [-0.4, -0.2) is 41.5 Å². The van der Waals surface area contributed by atoms with E-state index in [9.17, 15) is 4.79 Å². The average molecular weight is 297 g/mol. The highest BCUT2D eigenvalue weighted by molar-refractivity contribution is 6.32. The van der Waals surface area contributed by atoms with Gasteiger partial charge in [0.2, 0.25) is 0 Å². The first-order valence-electron chi connectivity index (χ1n) is 6.90. The van der Waals surface area contributed by atoms with E-state index < -0.39 is 0 Å². The predicted octanol–water partition coefficient (Wildman–Crippen LogP) is 1.78. The van der Waals surface area contributed by atoms with Crippen molar-refractivity contribution in [3.05, 3.63) is 23.0 Å². The first kappa shape index (κ1) is 15.1. The number of nitrogen functional groups attached to an aromatic ring is 1. The Bertz CT molecular complexity index is 492. The van der Waals surface area contributed by atoms with E-state index in [2.05, 4.69) is 29.0 Å². The standard InChI is InChI=1S/C14H21ClN4O/c1-9(2)19-4-3-10(8-19)6-18-14(20)12-5-11(16)7-17-13(12)15/h5,7,9-10H,3-4,6,8,16H2,1-2H3,(H,18,20). The van der Waals surface area contributed by atoms with Crippen molar-refractivity contribution in [2.24, 2.45) is 5.92 Å². The first-order chi connectivity index (χ1) is 9.47. The minimum Gasteiger partial charge on any atom is -0.397 e. The van der Waals surface area contributed by atoms with Crippen LogP contribution in [0.3, 0.4) is 0 Å². The fourth-order valence-corrected chi connectivity index (χ4v) is 2.64. The molecule has 2 rings (SSSR count). The summed E-state index contributed by atoms with van der Waals surface area (Å²) in [6.07, 6.45) is 2.55. The summed E-state index contributed by atoms with van der Waals surface area (Å²) in [7, 11) is 0. The molecule has 0 saturated carbocycles. The van der Waals surface area contributed by atoms with Crippen molar-refractivity contribution in [3.8, 4) is 0 Å². The fraction of sp³-hybridized carbons (Fsp3) is 0.571. The van der Waals surface area contributed by atoms with E-state index in [1.165, 1.54) is 6.20 Å². The lowest BCUT2D eigenvalue weighted by Crippen LogP contribution is -2.33. The second-order valence-electron chi connectivity index (χ2n) is 5.56. The second kappa shape index (κ2) is 6.41. The molecule has 110 valence electrons. The fourth-order valence-electron chi connectivity index (χ4n) is 2.45. The molecule has 0 aromatic carbocycles. The number of anilines is 1. The van der Waals surface area contributed by atoms with Crippen LogP contribution in [0.5, 0.6) is 0 Å². The maximum absolute atomic E-state index is 12.1. The molecule has 1 atom stereocenters. The Hall–Kier alpha value is -1.33. The highest BCUT2D eigenvalue weighted by Crippen LogP contribution is 2.19. The number of nitrogens with zero attached hydrogens (tertiary/aromatic N) is 2. The molecular formula is C14H21ClN4O. The van der Waals surface area contributed by atoms with Crippen LogP contribution in [0.1, 0.15) is 30.6 Å². The molecular weight excluding hydrogens is 276 g/mol. The number of halogens is 1. The van der Waals surface area contributed by atoms with Gasteiger partial charge in [-0.3, -0.25) is 4.79 Å². The van der Waals surface area contributed by atoms with Crippen molar-refractivity contribution in [1.29, 1.82) is 0 Å². The highest BCUT2D eigenvalue weighted by Gasteiger charge is 2.24. The summed E-state index contributed by atoms with van der Waals surface area (Å²) in [6.45, 7) is 7.17. The number of nitrogens with one attached hydrogen (secondary N) is 1. The van der Waals surface area contributed by atoms with Crippen LogP contribution < -0.4 is 11.1 Å². The van der Waals surface area contributed by atoms with E-state index in [-0.39, 0.29) is 11.1 Å². The average Bonchev–Trinajstić information content (AvgIpc) is 2.88. The topological polar surface area (TPSA) is 71.2 Å². The number of carbonyl (C=O) groups is 1. The van der Waals surface area contributed by atoms with Crippen molar-refractivity contribution >= 4 is 23.2 Å². The van der Waals surface area contributed by atoms with Crippen LogP contribution in [0.4, 0.5) is 5.69 Å². The summed E-state index contributed by atoms with van der Waals surface area (Å²) in [4.78, 5) is 18.4. The minimum atomic E-state index is -0.210. The molecule has 1 amide bonds. The molecule has 0 radical (unpaired) electrons. The van der Waals surface area contributed by atoms with Gasteiger partial charge in [0.05, 0.1) is 17.4 Å². The second-order valence-corrected chi connectivity index (χ2v) is 5.92. The summed E-state index contributed by atoms with van der Waals surface area (Å²) in [5.41, 5.74) is 6.40. The monoisotopic (exact) mass is 296 g/mol. The molecule has 1 aromatic heterocycles. The number of aromatic nitrogens is 1. The van der Waals surface area contributed by atoms with Crippen molar-refractivity contribution in [1.82, 2.24) is 15.2 Å². The lowest BCUT2D eigenvalue weighted by atomic mass is 10.1. The number of amides is 1. The van der Waals surface area contributed by atoms with Crippen molar-refractivity contribution < 1.29 is 4.79 Å². The number of carbonyl (C=O) groups excluding carboxylic acids is 1. The van der Waals surface area contributed by atoms with E-state index in [1.54, 1.807) is 6.07 Å². The maximum atomic E-state index is 12.1. The van der Waals surface area contributed by atoms with Crippen molar-refractivity contribution in [3.63, 3.8) is 0 Å². The van der Waals surface area contributed by atoms with Crippen LogP contribution in [0.2, 0.25) is 5.15 Å². The molecule has 5 nitrogen and oxygen atoms in total. The summed E-state index contributed by atoms with van der Waals surface area (Å²) in [6, 6.07) is 2.11. The molecule has 0 spiro atoms. The number of likely N-dealkylation sites (tertiary alicyclic amines) is 1. The summed E-state index contributed by atoms with van der Waals surface area (Å²) >= 11 is 5.92. The SMILES string of the molecule is CC(C)N1CCC(CNC(=O)c2cc(N)cnc2Cl)C1. The van der Waals surface area contributed by atoms with E-state index in [4.69, 9.17) is 17.3 Å². The van der Waals surface area contributed by atoms with Gasteiger partial charge in [-0.25, -0.2) is 4.98 Å². The first-order valence-corrected chi connectivity index (χ1v) is 7.28. The van der Waals surface area contributed by atoms with Gasteiger partial charge in [-0.2, -0.15) is 0 Å². The van der Waals surface area contributed by atoms with E-state index in [0.717, 1.165) is 19.5 Å². The molecule has 3 N–H and O–H groups in total. The Balaban J connectivity index is 1.88. The van der Waals surface area contributed by atoms with E-state index in [1.807, 2.05) is 0 Å². The van der Waals surface area contributed by atoms with Gasteiger partial charge in [-0.1, -0.05) is 11.6 Å². The summed E-state index contributed by atoms with van der Waals surface area (Å²) in [5, 5.41) is 3.11. The van der Waals surface area contributed by atoms with E-state index in [0.29, 0.717) is 29.8 Å². The van der Waals surface area contributed by atoms with Crippen LogP contribution in [0.25, 0.3) is 0 Å². The van der Waals surface area contributed by atoms with Crippen LogP contribution >= 0.6 is 11.6 Å². The summed E-state index contributed by atoms with van der Waals surface area (Å²) in [5.74, 6) is 0.284. The molecule has 0 bridgehead atoms.